The van der Waals surface area contributed by atoms with E-state index < -0.39 is 67.9 Å². The molecule has 2 unspecified atom stereocenters. The number of esters is 1. The SMILES string of the molecule is CC(C)CCOC(=O)C(F)(CCOC1O[C@H](CO)[C@H](O)[C@H](O)[C@H]1O)C(=O)ONC(C)C. The van der Waals surface area contributed by atoms with Crippen molar-refractivity contribution in [3.8, 4) is 0 Å². The number of carbonyl (C=O) groups excluding carboxylic acids is 2. The average Bonchev–Trinajstić information content (AvgIpc) is 2.71. The molecule has 1 aliphatic rings. The summed E-state index contributed by atoms with van der Waals surface area (Å²) in [6, 6.07) is -0.337. The third-order valence-corrected chi connectivity index (χ3v) is 4.54. The van der Waals surface area contributed by atoms with Crippen LogP contribution in [0.2, 0.25) is 0 Å². The van der Waals surface area contributed by atoms with Gasteiger partial charge >= 0.3 is 17.6 Å². The van der Waals surface area contributed by atoms with Gasteiger partial charge in [0, 0.05) is 12.5 Å². The Morgan fingerprint density at radius 2 is 1.71 bits per heavy atom. The van der Waals surface area contributed by atoms with Crippen molar-refractivity contribution in [2.24, 2.45) is 5.92 Å². The van der Waals surface area contributed by atoms with Crippen LogP contribution in [0.1, 0.15) is 40.5 Å². The molecule has 0 amide bonds. The number of halogens is 1. The molecule has 1 heterocycles. The summed E-state index contributed by atoms with van der Waals surface area (Å²) in [7, 11) is 0. The van der Waals surface area contributed by atoms with Crippen LogP contribution in [0.5, 0.6) is 0 Å². The van der Waals surface area contributed by atoms with Gasteiger partial charge in [-0.25, -0.2) is 14.0 Å². The van der Waals surface area contributed by atoms with E-state index in [0.29, 0.717) is 6.42 Å². The number of ether oxygens (including phenoxy) is 3. The van der Waals surface area contributed by atoms with Crippen molar-refractivity contribution in [1.82, 2.24) is 5.48 Å². The first-order chi connectivity index (χ1) is 14.4. The topological polar surface area (TPSA) is 164 Å². The molecule has 6 atom stereocenters. The van der Waals surface area contributed by atoms with E-state index in [9.17, 15) is 30.0 Å². The Morgan fingerprint density at radius 3 is 2.26 bits per heavy atom. The lowest BCUT2D eigenvalue weighted by Gasteiger charge is -2.39. The van der Waals surface area contributed by atoms with Crippen LogP contribution in [0.4, 0.5) is 4.39 Å². The molecule has 1 aliphatic heterocycles. The lowest BCUT2D eigenvalue weighted by molar-refractivity contribution is -0.302. The third kappa shape index (κ3) is 7.90. The normalized spacial score (nSPS) is 28.4. The summed E-state index contributed by atoms with van der Waals surface area (Å²) in [5.74, 6) is -2.78. The van der Waals surface area contributed by atoms with Crippen molar-refractivity contribution >= 4 is 11.9 Å². The van der Waals surface area contributed by atoms with Gasteiger partial charge in [0.15, 0.2) is 6.29 Å². The van der Waals surface area contributed by atoms with Crippen molar-refractivity contribution in [3.05, 3.63) is 0 Å². The molecule has 0 aromatic carbocycles. The fraction of sp³-hybridized carbons (Fsp3) is 0.895. The molecular weight excluding hydrogens is 421 g/mol. The van der Waals surface area contributed by atoms with Crippen LogP contribution >= 0.6 is 0 Å². The molecule has 0 bridgehead atoms. The highest BCUT2D eigenvalue weighted by Crippen LogP contribution is 2.25. The van der Waals surface area contributed by atoms with E-state index >= 15 is 4.39 Å². The fourth-order valence-corrected chi connectivity index (χ4v) is 2.56. The van der Waals surface area contributed by atoms with E-state index in [1.807, 2.05) is 13.8 Å². The Labute approximate surface area is 180 Å². The van der Waals surface area contributed by atoms with Crippen LogP contribution in [0.3, 0.4) is 0 Å². The van der Waals surface area contributed by atoms with Crippen LogP contribution in [-0.2, 0) is 28.6 Å². The summed E-state index contributed by atoms with van der Waals surface area (Å²) in [5, 5.41) is 38.7. The zero-order chi connectivity index (χ0) is 23.8. The van der Waals surface area contributed by atoms with Crippen molar-refractivity contribution < 1.29 is 53.5 Å². The fourth-order valence-electron chi connectivity index (χ4n) is 2.56. The molecule has 5 N–H and O–H groups in total. The van der Waals surface area contributed by atoms with Crippen molar-refractivity contribution in [1.29, 1.82) is 0 Å². The second-order valence-electron chi connectivity index (χ2n) is 8.10. The molecule has 0 aliphatic carbocycles. The average molecular weight is 455 g/mol. The Bertz CT molecular complexity index is 576. The molecule has 0 aromatic rings. The lowest BCUT2D eigenvalue weighted by atomic mass is 9.99. The molecule has 31 heavy (non-hydrogen) atoms. The second-order valence-corrected chi connectivity index (χ2v) is 8.10. The van der Waals surface area contributed by atoms with Gasteiger partial charge in [0.2, 0.25) is 0 Å². The number of hydrogen-bond acceptors (Lipinski definition) is 11. The largest absolute Gasteiger partial charge is 0.463 e. The standard InChI is InChI=1S/C19H34FNO10/c1-10(2)5-7-29-17(26)19(20,18(27)31-21-11(3)4)6-8-28-16-15(25)14(24)13(23)12(9-22)30-16/h10-16,21-25H,5-9H2,1-4H3/t12-,13+,14+,15-,16?,19?/m1/s1. The minimum absolute atomic E-state index is 0.0966. The summed E-state index contributed by atoms with van der Waals surface area (Å²) >= 11 is 0. The van der Waals surface area contributed by atoms with Gasteiger partial charge in [-0.3, -0.25) is 0 Å². The third-order valence-electron chi connectivity index (χ3n) is 4.54. The molecule has 0 aromatic heterocycles. The summed E-state index contributed by atoms with van der Waals surface area (Å²) < 4.78 is 30.6. The number of alkyl halides is 1. The van der Waals surface area contributed by atoms with Crippen LogP contribution < -0.4 is 5.48 Å². The van der Waals surface area contributed by atoms with E-state index in [1.165, 1.54) is 0 Å². The van der Waals surface area contributed by atoms with Gasteiger partial charge in [0.1, 0.15) is 24.4 Å². The van der Waals surface area contributed by atoms with E-state index in [-0.39, 0.29) is 18.6 Å². The summed E-state index contributed by atoms with van der Waals surface area (Å²) in [5.41, 5.74) is -0.942. The number of nitrogens with one attached hydrogen (secondary N) is 1. The number of carbonyl (C=O) groups is 2. The minimum Gasteiger partial charge on any atom is -0.463 e. The quantitative estimate of drug-likeness (QED) is 0.138. The van der Waals surface area contributed by atoms with E-state index in [4.69, 9.17) is 14.2 Å². The van der Waals surface area contributed by atoms with E-state index in [0.717, 1.165) is 0 Å². The highest BCUT2D eigenvalue weighted by Gasteiger charge is 2.51. The smallest absolute Gasteiger partial charge is 0.374 e. The van der Waals surface area contributed by atoms with Crippen molar-refractivity contribution in [2.45, 2.75) is 83.0 Å². The van der Waals surface area contributed by atoms with Crippen LogP contribution in [0, 0.1) is 5.92 Å². The molecule has 1 fully saturated rings. The molecule has 11 nitrogen and oxygen atoms in total. The highest BCUT2D eigenvalue weighted by atomic mass is 19.1. The maximum absolute atomic E-state index is 15.4. The Morgan fingerprint density at radius 1 is 1.06 bits per heavy atom. The first kappa shape index (κ1) is 27.6. The maximum Gasteiger partial charge on any atom is 0.374 e. The van der Waals surface area contributed by atoms with E-state index in [1.54, 1.807) is 13.8 Å². The number of aliphatic hydroxyl groups excluding tert-OH is 4. The summed E-state index contributed by atoms with van der Waals surface area (Å²) in [6.45, 7) is 5.65. The monoisotopic (exact) mass is 455 g/mol. The zero-order valence-corrected chi connectivity index (χ0v) is 18.2. The molecule has 12 heteroatoms. The van der Waals surface area contributed by atoms with Gasteiger partial charge in [-0.2, -0.15) is 5.48 Å². The number of rotatable bonds is 12. The van der Waals surface area contributed by atoms with Gasteiger partial charge in [0.05, 0.1) is 19.8 Å². The van der Waals surface area contributed by atoms with E-state index in [2.05, 4.69) is 10.3 Å². The second kappa shape index (κ2) is 12.6. The van der Waals surface area contributed by atoms with Gasteiger partial charge in [-0.1, -0.05) is 13.8 Å². The van der Waals surface area contributed by atoms with Gasteiger partial charge in [-0.15, -0.1) is 0 Å². The molecule has 1 rings (SSSR count). The molecule has 0 spiro atoms. The first-order valence-corrected chi connectivity index (χ1v) is 10.2. The first-order valence-electron chi connectivity index (χ1n) is 10.2. The summed E-state index contributed by atoms with van der Waals surface area (Å²) in [6.07, 6.45) is -8.12. The minimum atomic E-state index is -3.20. The molecule has 182 valence electrons. The number of hydrogen-bond donors (Lipinski definition) is 5. The Kier molecular flexibility index (Phi) is 11.2. The number of hydroxylamine groups is 1. The van der Waals surface area contributed by atoms with Gasteiger partial charge < -0.3 is 39.5 Å². The van der Waals surface area contributed by atoms with Crippen LogP contribution in [0.15, 0.2) is 0 Å². The highest BCUT2D eigenvalue weighted by molar-refractivity contribution is 6.03. The van der Waals surface area contributed by atoms with Gasteiger partial charge in [-0.05, 0) is 26.2 Å². The molecule has 0 radical (unpaired) electrons. The molecule has 0 saturated carbocycles. The number of aliphatic hydroxyl groups is 4. The Hall–Kier alpha value is -1.41. The Balaban J connectivity index is 2.80. The predicted octanol–water partition coefficient (Wildman–Crippen LogP) is -1.05. The van der Waals surface area contributed by atoms with Gasteiger partial charge in [0.25, 0.3) is 0 Å². The van der Waals surface area contributed by atoms with Crippen LogP contribution in [0.25, 0.3) is 0 Å². The zero-order valence-electron chi connectivity index (χ0n) is 18.2. The van der Waals surface area contributed by atoms with Crippen LogP contribution in [-0.4, -0.2) is 94.6 Å². The lowest BCUT2D eigenvalue weighted by Crippen LogP contribution is -2.59. The molecule has 1 saturated heterocycles. The van der Waals surface area contributed by atoms with Crippen molar-refractivity contribution in [3.63, 3.8) is 0 Å². The molecular formula is C19H34FNO10. The maximum atomic E-state index is 15.4. The summed E-state index contributed by atoms with van der Waals surface area (Å²) in [4.78, 5) is 29.2. The predicted molar refractivity (Wildman–Crippen MR) is 103 cm³/mol. The van der Waals surface area contributed by atoms with Crippen molar-refractivity contribution in [2.75, 3.05) is 19.8 Å².